The van der Waals surface area contributed by atoms with Crippen molar-refractivity contribution in [3.63, 3.8) is 0 Å². The number of rotatable bonds is 3. The second-order valence-electron chi connectivity index (χ2n) is 7.46. The van der Waals surface area contributed by atoms with Crippen molar-refractivity contribution in [2.24, 2.45) is 5.41 Å². The summed E-state index contributed by atoms with van der Waals surface area (Å²) in [6.07, 6.45) is -1.58. The summed E-state index contributed by atoms with van der Waals surface area (Å²) >= 11 is 0. The topological polar surface area (TPSA) is 23.6 Å². The van der Waals surface area contributed by atoms with Crippen molar-refractivity contribution in [1.29, 1.82) is 0 Å². The van der Waals surface area contributed by atoms with Gasteiger partial charge in [0.15, 0.2) is 0 Å². The van der Waals surface area contributed by atoms with Crippen LogP contribution in [0.4, 0.5) is 17.6 Å². The van der Waals surface area contributed by atoms with E-state index in [-0.39, 0.29) is 23.4 Å². The van der Waals surface area contributed by atoms with Crippen molar-refractivity contribution >= 4 is 5.91 Å². The molecule has 0 radical (unpaired) electrons. The van der Waals surface area contributed by atoms with Crippen LogP contribution in [0.1, 0.15) is 43.7 Å². The van der Waals surface area contributed by atoms with Crippen LogP contribution in [0.15, 0.2) is 18.2 Å². The summed E-state index contributed by atoms with van der Waals surface area (Å²) in [5, 5.41) is 0. The second kappa shape index (κ2) is 7.18. The van der Waals surface area contributed by atoms with E-state index in [1.165, 1.54) is 12.1 Å². The molecule has 0 unspecified atom stereocenters. The van der Waals surface area contributed by atoms with Crippen LogP contribution in [0.25, 0.3) is 0 Å². The molecule has 7 heteroatoms. The van der Waals surface area contributed by atoms with Crippen LogP contribution in [-0.2, 0) is 17.5 Å². The van der Waals surface area contributed by atoms with Gasteiger partial charge in [0.1, 0.15) is 5.82 Å². The minimum atomic E-state index is -4.69. The highest BCUT2D eigenvalue weighted by Crippen LogP contribution is 2.41. The van der Waals surface area contributed by atoms with E-state index in [1.54, 1.807) is 0 Å². The molecule has 1 amide bonds. The molecule has 2 saturated heterocycles. The maximum Gasteiger partial charge on any atom is 0.419 e. The number of carbonyl (C=O) groups excluding carboxylic acids is 1. The standard InChI is InChI=1S/C19H24F4N2O/c1-2-25-13-18(7-6-16(25)26)8-10-24(11-9-18)12-14-4-3-5-15(20)17(14)19(21,22)23/h3-5H,2,6-13H2,1H3. The number of amides is 1. The quantitative estimate of drug-likeness (QED) is 0.747. The number of carbonyl (C=O) groups is 1. The van der Waals surface area contributed by atoms with Gasteiger partial charge in [-0.2, -0.15) is 13.2 Å². The highest BCUT2D eigenvalue weighted by atomic mass is 19.4. The fourth-order valence-electron chi connectivity index (χ4n) is 4.24. The smallest absolute Gasteiger partial charge is 0.342 e. The van der Waals surface area contributed by atoms with Crippen molar-refractivity contribution in [1.82, 2.24) is 9.80 Å². The van der Waals surface area contributed by atoms with Gasteiger partial charge in [0.2, 0.25) is 5.91 Å². The second-order valence-corrected chi connectivity index (χ2v) is 7.46. The van der Waals surface area contributed by atoms with Gasteiger partial charge in [-0.05, 0) is 56.3 Å². The summed E-state index contributed by atoms with van der Waals surface area (Å²) in [7, 11) is 0. The van der Waals surface area contributed by atoms with E-state index < -0.39 is 17.6 Å². The van der Waals surface area contributed by atoms with Crippen molar-refractivity contribution in [3.05, 3.63) is 35.1 Å². The molecule has 2 aliphatic heterocycles. The number of piperidine rings is 2. The lowest BCUT2D eigenvalue weighted by Gasteiger charge is -2.47. The molecule has 0 N–H and O–H groups in total. The van der Waals surface area contributed by atoms with Crippen molar-refractivity contribution < 1.29 is 22.4 Å². The van der Waals surface area contributed by atoms with Crippen molar-refractivity contribution in [2.45, 2.75) is 45.3 Å². The Bertz CT molecular complexity index is 666. The number of halogens is 4. The fourth-order valence-corrected chi connectivity index (χ4v) is 4.24. The minimum Gasteiger partial charge on any atom is -0.342 e. The Hall–Kier alpha value is -1.63. The van der Waals surface area contributed by atoms with Crippen LogP contribution in [0.3, 0.4) is 0 Å². The lowest BCUT2D eigenvalue weighted by atomic mass is 9.72. The average molecular weight is 372 g/mol. The van der Waals surface area contributed by atoms with E-state index in [4.69, 9.17) is 0 Å². The summed E-state index contributed by atoms with van der Waals surface area (Å²) in [4.78, 5) is 15.7. The van der Waals surface area contributed by atoms with Crippen molar-refractivity contribution in [2.75, 3.05) is 26.2 Å². The summed E-state index contributed by atoms with van der Waals surface area (Å²) in [5.74, 6) is -1.03. The first-order valence-corrected chi connectivity index (χ1v) is 9.09. The zero-order valence-corrected chi connectivity index (χ0v) is 14.9. The van der Waals surface area contributed by atoms with Crippen LogP contribution in [0.5, 0.6) is 0 Å². The predicted molar refractivity (Wildman–Crippen MR) is 89.8 cm³/mol. The molecule has 2 fully saturated rings. The third-order valence-corrected chi connectivity index (χ3v) is 5.82. The van der Waals surface area contributed by atoms with E-state index in [2.05, 4.69) is 0 Å². The molecule has 1 aromatic rings. The first kappa shape index (κ1) is 19.1. The lowest BCUT2D eigenvalue weighted by molar-refractivity contribution is -0.140. The Kier molecular flexibility index (Phi) is 5.28. The summed E-state index contributed by atoms with van der Waals surface area (Å²) < 4.78 is 53.2. The first-order valence-electron chi connectivity index (χ1n) is 9.09. The van der Waals surface area contributed by atoms with Gasteiger partial charge >= 0.3 is 6.18 Å². The molecule has 0 bridgehead atoms. The first-order chi connectivity index (χ1) is 12.2. The van der Waals surface area contributed by atoms with Gasteiger partial charge in [0, 0.05) is 26.1 Å². The molecular weight excluding hydrogens is 348 g/mol. The van der Waals surface area contributed by atoms with Gasteiger partial charge < -0.3 is 4.90 Å². The van der Waals surface area contributed by atoms with Crippen molar-refractivity contribution in [3.8, 4) is 0 Å². The molecule has 26 heavy (non-hydrogen) atoms. The molecule has 0 aliphatic carbocycles. The molecule has 2 heterocycles. The van der Waals surface area contributed by atoms with E-state index in [1.807, 2.05) is 16.7 Å². The molecule has 3 rings (SSSR count). The number of likely N-dealkylation sites (tertiary alicyclic amines) is 2. The SMILES string of the molecule is CCN1CC2(CCC1=O)CCN(Cc1cccc(F)c1C(F)(F)F)CC2. The Morgan fingerprint density at radius 3 is 2.46 bits per heavy atom. The summed E-state index contributed by atoms with van der Waals surface area (Å²) in [6, 6.07) is 3.54. The molecule has 3 nitrogen and oxygen atoms in total. The molecule has 0 saturated carbocycles. The third-order valence-electron chi connectivity index (χ3n) is 5.82. The van der Waals surface area contributed by atoms with E-state index >= 15 is 0 Å². The van der Waals surface area contributed by atoms with Gasteiger partial charge in [-0.3, -0.25) is 9.69 Å². The summed E-state index contributed by atoms with van der Waals surface area (Å²) in [5.41, 5.74) is -1.09. The predicted octanol–water partition coefficient (Wildman–Crippen LogP) is 4.07. The highest BCUT2D eigenvalue weighted by molar-refractivity contribution is 5.77. The van der Waals surface area contributed by atoms with Gasteiger partial charge in [-0.15, -0.1) is 0 Å². The van der Waals surface area contributed by atoms with Gasteiger partial charge in [0.25, 0.3) is 0 Å². The molecule has 144 valence electrons. The minimum absolute atomic E-state index is 0.0116. The molecule has 0 aromatic heterocycles. The molecule has 0 atom stereocenters. The zero-order chi connectivity index (χ0) is 18.9. The van der Waals surface area contributed by atoms with Gasteiger partial charge in [0.05, 0.1) is 5.56 Å². The number of alkyl halides is 3. The third kappa shape index (κ3) is 3.87. The number of hydrogen-bond acceptors (Lipinski definition) is 2. The fraction of sp³-hybridized carbons (Fsp3) is 0.632. The van der Waals surface area contributed by atoms with Crippen LogP contribution in [-0.4, -0.2) is 41.9 Å². The van der Waals surface area contributed by atoms with E-state index in [9.17, 15) is 22.4 Å². The monoisotopic (exact) mass is 372 g/mol. The van der Waals surface area contributed by atoms with Crippen LogP contribution in [0, 0.1) is 11.2 Å². The Labute approximate surface area is 151 Å². The highest BCUT2D eigenvalue weighted by Gasteiger charge is 2.41. The normalized spacial score (nSPS) is 21.4. The summed E-state index contributed by atoms with van der Waals surface area (Å²) in [6.45, 7) is 4.83. The molecule has 1 spiro atoms. The number of nitrogens with zero attached hydrogens (tertiary/aromatic N) is 2. The molecule has 1 aromatic carbocycles. The zero-order valence-electron chi connectivity index (χ0n) is 14.9. The Morgan fingerprint density at radius 2 is 1.85 bits per heavy atom. The van der Waals surface area contributed by atoms with E-state index in [0.29, 0.717) is 26.1 Å². The van der Waals surface area contributed by atoms with Crippen LogP contribution < -0.4 is 0 Å². The van der Waals surface area contributed by atoms with Crippen LogP contribution >= 0.6 is 0 Å². The Morgan fingerprint density at radius 1 is 1.15 bits per heavy atom. The lowest BCUT2D eigenvalue weighted by Crippen LogP contribution is -2.51. The average Bonchev–Trinajstić information content (AvgIpc) is 2.58. The maximum atomic E-state index is 13.7. The van der Waals surface area contributed by atoms with Crippen LogP contribution in [0.2, 0.25) is 0 Å². The van der Waals surface area contributed by atoms with Gasteiger partial charge in [-0.1, -0.05) is 12.1 Å². The maximum absolute atomic E-state index is 13.7. The molecule has 2 aliphatic rings. The largest absolute Gasteiger partial charge is 0.419 e. The Balaban J connectivity index is 1.67. The number of hydrogen-bond donors (Lipinski definition) is 0. The molecular formula is C19H24F4N2O. The number of benzene rings is 1. The van der Waals surface area contributed by atoms with E-state index in [0.717, 1.165) is 31.9 Å². The van der Waals surface area contributed by atoms with Gasteiger partial charge in [-0.25, -0.2) is 4.39 Å².